The monoisotopic (exact) mass is 284 g/mol. The number of likely N-dealkylation sites (tertiary alicyclic amines) is 1. The highest BCUT2D eigenvalue weighted by Gasteiger charge is 2.34. The zero-order valence-corrected chi connectivity index (χ0v) is 13.7. The van der Waals surface area contributed by atoms with Crippen molar-refractivity contribution in [1.82, 2.24) is 10.2 Å². The van der Waals surface area contributed by atoms with Crippen LogP contribution in [0.4, 0.5) is 0 Å². The van der Waals surface area contributed by atoms with Gasteiger partial charge in [0.05, 0.1) is 0 Å². The smallest absolute Gasteiger partial charge is 0.323 e. The topological polar surface area (TPSA) is 52.6 Å². The van der Waals surface area contributed by atoms with Gasteiger partial charge in [-0.05, 0) is 57.7 Å². The molecular formula is C16H32N2O2. The summed E-state index contributed by atoms with van der Waals surface area (Å²) in [5.41, 5.74) is -0.297. The molecule has 1 unspecified atom stereocenters. The van der Waals surface area contributed by atoms with Crippen molar-refractivity contribution in [2.75, 3.05) is 26.2 Å². The van der Waals surface area contributed by atoms with Gasteiger partial charge in [0.2, 0.25) is 0 Å². The molecule has 1 atom stereocenters. The molecule has 0 aromatic heterocycles. The van der Waals surface area contributed by atoms with Crippen LogP contribution in [0.25, 0.3) is 0 Å². The largest absolute Gasteiger partial charge is 0.480 e. The van der Waals surface area contributed by atoms with Gasteiger partial charge in [0, 0.05) is 6.54 Å². The minimum absolute atomic E-state index is 0.493. The molecule has 1 saturated heterocycles. The summed E-state index contributed by atoms with van der Waals surface area (Å²) in [6.45, 7) is 12.4. The molecule has 1 fully saturated rings. The third-order valence-electron chi connectivity index (χ3n) is 5.08. The molecule has 0 radical (unpaired) electrons. The van der Waals surface area contributed by atoms with Crippen LogP contribution in [0.2, 0.25) is 0 Å². The summed E-state index contributed by atoms with van der Waals surface area (Å²) in [7, 11) is 0. The average Bonchev–Trinajstić information content (AvgIpc) is 2.44. The molecule has 118 valence electrons. The summed E-state index contributed by atoms with van der Waals surface area (Å²) in [4.78, 5) is 13.9. The lowest BCUT2D eigenvalue weighted by molar-refractivity contribution is -0.144. The predicted molar refractivity (Wildman–Crippen MR) is 83.0 cm³/mol. The first-order valence-electron chi connectivity index (χ1n) is 8.06. The Morgan fingerprint density at radius 1 is 1.35 bits per heavy atom. The number of piperidine rings is 1. The Morgan fingerprint density at radius 2 is 1.95 bits per heavy atom. The van der Waals surface area contributed by atoms with E-state index < -0.39 is 11.5 Å². The van der Waals surface area contributed by atoms with E-state index in [1.807, 2.05) is 6.92 Å². The summed E-state index contributed by atoms with van der Waals surface area (Å²) in [6, 6.07) is 0. The van der Waals surface area contributed by atoms with E-state index >= 15 is 0 Å². The van der Waals surface area contributed by atoms with Crippen molar-refractivity contribution in [3.63, 3.8) is 0 Å². The van der Waals surface area contributed by atoms with E-state index in [0.29, 0.717) is 11.8 Å². The number of nitrogens with zero attached hydrogens (tertiary/aromatic N) is 1. The van der Waals surface area contributed by atoms with Crippen molar-refractivity contribution in [2.24, 2.45) is 5.41 Å². The molecular weight excluding hydrogens is 252 g/mol. The zero-order chi connectivity index (χ0) is 15.2. The van der Waals surface area contributed by atoms with Crippen molar-refractivity contribution >= 4 is 5.97 Å². The summed E-state index contributed by atoms with van der Waals surface area (Å²) >= 11 is 0. The van der Waals surface area contributed by atoms with Gasteiger partial charge in [-0.2, -0.15) is 0 Å². The van der Waals surface area contributed by atoms with Crippen molar-refractivity contribution in [3.05, 3.63) is 0 Å². The van der Waals surface area contributed by atoms with Crippen LogP contribution in [0, 0.1) is 5.41 Å². The first-order valence-corrected chi connectivity index (χ1v) is 8.06. The maximum absolute atomic E-state index is 11.5. The Balaban J connectivity index is 2.43. The van der Waals surface area contributed by atoms with Crippen LogP contribution in [0.5, 0.6) is 0 Å². The SMILES string of the molecule is CCCNC(C)(CCN1CCC(C)(CC)CC1)C(=O)O. The number of carbonyl (C=O) groups is 1. The molecule has 4 heteroatoms. The van der Waals surface area contributed by atoms with Gasteiger partial charge in [-0.3, -0.25) is 4.79 Å². The average molecular weight is 284 g/mol. The molecule has 0 spiro atoms. The van der Waals surface area contributed by atoms with E-state index in [1.54, 1.807) is 0 Å². The van der Waals surface area contributed by atoms with E-state index in [1.165, 1.54) is 19.3 Å². The molecule has 20 heavy (non-hydrogen) atoms. The second kappa shape index (κ2) is 7.41. The molecule has 0 aromatic carbocycles. The Kier molecular flexibility index (Phi) is 6.46. The van der Waals surface area contributed by atoms with Gasteiger partial charge in [-0.1, -0.05) is 27.2 Å². The van der Waals surface area contributed by atoms with Gasteiger partial charge in [0.15, 0.2) is 0 Å². The van der Waals surface area contributed by atoms with Gasteiger partial charge < -0.3 is 15.3 Å². The molecule has 0 bridgehead atoms. The number of hydrogen-bond donors (Lipinski definition) is 2. The standard InChI is InChI=1S/C16H32N2O2/c1-5-10-17-16(4,14(19)20)9-13-18-11-7-15(3,6-2)8-12-18/h17H,5-13H2,1-4H3,(H,19,20). The highest BCUT2D eigenvalue weighted by molar-refractivity contribution is 5.78. The molecule has 4 nitrogen and oxygen atoms in total. The molecule has 0 aliphatic carbocycles. The van der Waals surface area contributed by atoms with Crippen molar-refractivity contribution in [3.8, 4) is 0 Å². The third kappa shape index (κ3) is 4.74. The first-order chi connectivity index (χ1) is 9.35. The quantitative estimate of drug-likeness (QED) is 0.719. The second-order valence-corrected chi connectivity index (χ2v) is 6.82. The van der Waals surface area contributed by atoms with Gasteiger partial charge in [-0.25, -0.2) is 0 Å². The molecule has 1 rings (SSSR count). The summed E-state index contributed by atoms with van der Waals surface area (Å²) in [5, 5.41) is 12.6. The highest BCUT2D eigenvalue weighted by Crippen LogP contribution is 2.34. The number of carboxylic acids is 1. The Hall–Kier alpha value is -0.610. The maximum atomic E-state index is 11.5. The van der Waals surface area contributed by atoms with Crippen LogP contribution in [-0.4, -0.2) is 47.7 Å². The summed E-state index contributed by atoms with van der Waals surface area (Å²) < 4.78 is 0. The van der Waals surface area contributed by atoms with E-state index in [0.717, 1.165) is 32.6 Å². The number of hydrogen-bond acceptors (Lipinski definition) is 3. The van der Waals surface area contributed by atoms with Crippen molar-refractivity contribution in [2.45, 2.75) is 65.3 Å². The van der Waals surface area contributed by atoms with E-state index in [9.17, 15) is 9.90 Å². The van der Waals surface area contributed by atoms with Crippen LogP contribution in [0.15, 0.2) is 0 Å². The van der Waals surface area contributed by atoms with Gasteiger partial charge in [0.25, 0.3) is 0 Å². The number of nitrogens with one attached hydrogen (secondary N) is 1. The Bertz CT molecular complexity index is 312. The Labute approximate surface area is 123 Å². The lowest BCUT2D eigenvalue weighted by Gasteiger charge is -2.40. The Morgan fingerprint density at radius 3 is 2.40 bits per heavy atom. The molecule has 2 N–H and O–H groups in total. The lowest BCUT2D eigenvalue weighted by Crippen LogP contribution is -2.52. The zero-order valence-electron chi connectivity index (χ0n) is 13.7. The van der Waals surface area contributed by atoms with Crippen LogP contribution >= 0.6 is 0 Å². The van der Waals surface area contributed by atoms with Crippen LogP contribution in [-0.2, 0) is 4.79 Å². The number of carboxylic acid groups (broad SMARTS) is 1. The molecule has 0 saturated carbocycles. The molecule has 1 aliphatic heterocycles. The van der Waals surface area contributed by atoms with Crippen LogP contribution in [0.3, 0.4) is 0 Å². The van der Waals surface area contributed by atoms with E-state index in [-0.39, 0.29) is 0 Å². The van der Waals surface area contributed by atoms with E-state index in [2.05, 4.69) is 31.0 Å². The molecule has 0 aromatic rings. The minimum atomic E-state index is -0.790. The lowest BCUT2D eigenvalue weighted by atomic mass is 9.78. The number of aliphatic carboxylic acids is 1. The second-order valence-electron chi connectivity index (χ2n) is 6.82. The number of rotatable bonds is 8. The third-order valence-corrected chi connectivity index (χ3v) is 5.08. The van der Waals surface area contributed by atoms with Crippen LogP contribution < -0.4 is 5.32 Å². The summed E-state index contributed by atoms with van der Waals surface area (Å²) in [5.74, 6) is -0.735. The van der Waals surface area contributed by atoms with Gasteiger partial charge in [-0.15, -0.1) is 0 Å². The fraction of sp³-hybridized carbons (Fsp3) is 0.938. The van der Waals surface area contributed by atoms with Crippen molar-refractivity contribution in [1.29, 1.82) is 0 Å². The molecule has 1 heterocycles. The minimum Gasteiger partial charge on any atom is -0.480 e. The maximum Gasteiger partial charge on any atom is 0.323 e. The van der Waals surface area contributed by atoms with Gasteiger partial charge >= 0.3 is 5.97 Å². The fourth-order valence-corrected chi connectivity index (χ4v) is 2.72. The molecule has 0 amide bonds. The summed E-state index contributed by atoms with van der Waals surface area (Å²) in [6.07, 6.45) is 5.34. The van der Waals surface area contributed by atoms with E-state index in [4.69, 9.17) is 0 Å². The van der Waals surface area contributed by atoms with Crippen molar-refractivity contribution < 1.29 is 9.90 Å². The molecule has 1 aliphatic rings. The van der Waals surface area contributed by atoms with Gasteiger partial charge in [0.1, 0.15) is 5.54 Å². The first kappa shape index (κ1) is 17.4. The predicted octanol–water partition coefficient (Wildman–Crippen LogP) is 2.73. The highest BCUT2D eigenvalue weighted by atomic mass is 16.4. The normalized spacial score (nSPS) is 22.4. The fourth-order valence-electron chi connectivity index (χ4n) is 2.72. The van der Waals surface area contributed by atoms with Crippen LogP contribution in [0.1, 0.15) is 59.8 Å².